The van der Waals surface area contributed by atoms with Crippen molar-refractivity contribution in [2.45, 2.75) is 31.1 Å². The van der Waals surface area contributed by atoms with Crippen molar-refractivity contribution in [2.75, 3.05) is 6.26 Å². The van der Waals surface area contributed by atoms with Gasteiger partial charge in [0.1, 0.15) is 0 Å². The molecule has 1 N–H and O–H groups in total. The molecule has 2 atom stereocenters. The first-order valence-electron chi connectivity index (χ1n) is 9.12. The third-order valence-electron chi connectivity index (χ3n) is 4.93. The molecule has 0 aliphatic rings. The predicted octanol–water partition coefficient (Wildman–Crippen LogP) is 4.84. The van der Waals surface area contributed by atoms with E-state index in [9.17, 15) is 9.42 Å². The number of pyridine rings is 1. The molecule has 28 heavy (non-hydrogen) atoms. The van der Waals surface area contributed by atoms with Gasteiger partial charge in [-0.15, -0.1) is 0 Å². The smallest absolute Gasteiger partial charge is 0.0878 e. The fourth-order valence-corrected chi connectivity index (χ4v) is 3.93. The number of hydrogen-bond acceptors (Lipinski definition) is 4. The van der Waals surface area contributed by atoms with Crippen LogP contribution in [0.4, 0.5) is 0 Å². The van der Waals surface area contributed by atoms with Gasteiger partial charge in [0.25, 0.3) is 0 Å². The van der Waals surface area contributed by atoms with E-state index >= 15 is 0 Å². The molecular weight excluding hydrogens is 368 g/mol. The van der Waals surface area contributed by atoms with Gasteiger partial charge in [-0.25, -0.2) is 0 Å². The van der Waals surface area contributed by atoms with E-state index < -0.39 is 10.8 Å². The van der Waals surface area contributed by atoms with Gasteiger partial charge in [-0.2, -0.15) is 0 Å². The lowest BCUT2D eigenvalue weighted by Crippen LogP contribution is -2.12. The van der Waals surface area contributed by atoms with Gasteiger partial charge in [0.05, 0.1) is 5.71 Å². The zero-order valence-corrected chi connectivity index (χ0v) is 17.1. The quantitative estimate of drug-likeness (QED) is 0.371. The normalized spacial score (nSPS) is 13.9. The van der Waals surface area contributed by atoms with Crippen LogP contribution in [-0.2, 0) is 10.8 Å². The van der Waals surface area contributed by atoms with E-state index in [1.165, 1.54) is 11.1 Å². The molecule has 2 aromatic carbocycles. The van der Waals surface area contributed by atoms with Crippen LogP contribution in [0.25, 0.3) is 0 Å². The summed E-state index contributed by atoms with van der Waals surface area (Å²) in [6, 6.07) is 19.9. The lowest BCUT2D eigenvalue weighted by atomic mass is 9.83. The van der Waals surface area contributed by atoms with Crippen molar-refractivity contribution in [1.29, 1.82) is 0 Å². The van der Waals surface area contributed by atoms with Gasteiger partial charge in [0.2, 0.25) is 0 Å². The number of aryl methyl sites for hydroxylation is 2. The van der Waals surface area contributed by atoms with Crippen molar-refractivity contribution in [2.24, 2.45) is 5.16 Å². The molecule has 0 saturated carbocycles. The fraction of sp³-hybridized carbons (Fsp3) is 0.217. The van der Waals surface area contributed by atoms with Crippen molar-refractivity contribution >= 4 is 16.5 Å². The number of aromatic nitrogens is 1. The van der Waals surface area contributed by atoms with E-state index in [0.717, 1.165) is 21.7 Å². The second-order valence-electron chi connectivity index (χ2n) is 6.87. The van der Waals surface area contributed by atoms with Crippen LogP contribution in [0.5, 0.6) is 0 Å². The van der Waals surface area contributed by atoms with Crippen LogP contribution >= 0.6 is 0 Å². The Labute approximate surface area is 168 Å². The molecule has 0 bridgehead atoms. The summed E-state index contributed by atoms with van der Waals surface area (Å²) in [7, 11) is -1.01. The van der Waals surface area contributed by atoms with E-state index in [-0.39, 0.29) is 5.92 Å². The zero-order chi connectivity index (χ0) is 20.1. The highest BCUT2D eigenvalue weighted by Gasteiger charge is 2.20. The van der Waals surface area contributed by atoms with Crippen LogP contribution in [0.2, 0.25) is 0 Å². The lowest BCUT2D eigenvalue weighted by molar-refractivity contribution is 0.317. The molecule has 3 rings (SSSR count). The molecule has 0 saturated heterocycles. The standard InChI is InChI=1S/C23H24N2O2S/c1-16-6-4-5-7-21(16)22(18-8-10-20(11-9-18)28(3)27)15-23(25-26)19-12-13-24-17(2)14-19/h4-14,22,26H,15H2,1-3H3/b25-23+. The summed E-state index contributed by atoms with van der Waals surface area (Å²) in [6.07, 6.45) is 3.94. The Hall–Kier alpha value is -2.79. The number of benzene rings is 2. The predicted molar refractivity (Wildman–Crippen MR) is 114 cm³/mol. The highest BCUT2D eigenvalue weighted by molar-refractivity contribution is 7.84. The van der Waals surface area contributed by atoms with Crippen LogP contribution in [0.15, 0.2) is 76.9 Å². The van der Waals surface area contributed by atoms with Gasteiger partial charge in [-0.05, 0) is 54.8 Å². The minimum absolute atomic E-state index is 0.0138. The Kier molecular flexibility index (Phi) is 6.37. The van der Waals surface area contributed by atoms with Crippen molar-refractivity contribution in [3.8, 4) is 0 Å². The Balaban J connectivity index is 2.03. The first-order chi connectivity index (χ1) is 13.5. The summed E-state index contributed by atoms with van der Waals surface area (Å²) in [5, 5.41) is 13.3. The summed E-state index contributed by atoms with van der Waals surface area (Å²) in [5.74, 6) is 0.0138. The summed E-state index contributed by atoms with van der Waals surface area (Å²) < 4.78 is 11.7. The highest BCUT2D eigenvalue weighted by Crippen LogP contribution is 2.32. The van der Waals surface area contributed by atoms with Gasteiger partial charge in [-0.3, -0.25) is 9.19 Å². The molecule has 0 fully saturated rings. The van der Waals surface area contributed by atoms with Gasteiger partial charge >= 0.3 is 0 Å². The number of oxime groups is 1. The highest BCUT2D eigenvalue weighted by atomic mass is 32.2. The third-order valence-corrected chi connectivity index (χ3v) is 5.86. The van der Waals surface area contributed by atoms with E-state index in [2.05, 4.69) is 29.2 Å². The Bertz CT molecular complexity index is 1010. The molecular formula is C23H24N2O2S. The average molecular weight is 393 g/mol. The summed E-state index contributed by atoms with van der Waals surface area (Å²) in [5.41, 5.74) is 5.80. The number of rotatable bonds is 6. The number of hydrogen-bond donors (Lipinski definition) is 1. The lowest BCUT2D eigenvalue weighted by Gasteiger charge is -2.21. The van der Waals surface area contributed by atoms with Gasteiger partial charge in [0.15, 0.2) is 0 Å². The molecule has 4 nitrogen and oxygen atoms in total. The minimum atomic E-state index is -1.01. The molecule has 0 spiro atoms. The largest absolute Gasteiger partial charge is 0.411 e. The summed E-state index contributed by atoms with van der Waals surface area (Å²) >= 11 is 0. The minimum Gasteiger partial charge on any atom is -0.411 e. The van der Waals surface area contributed by atoms with Gasteiger partial charge < -0.3 is 5.21 Å². The van der Waals surface area contributed by atoms with Crippen LogP contribution in [0, 0.1) is 13.8 Å². The van der Waals surface area contributed by atoms with Crippen molar-refractivity contribution in [3.05, 3.63) is 94.8 Å². The SMILES string of the molecule is Cc1cc(/C(CC(c2ccc(S(C)=O)cc2)c2ccccc2C)=N/O)ccn1. The van der Waals surface area contributed by atoms with Gasteiger partial charge in [-0.1, -0.05) is 41.6 Å². The van der Waals surface area contributed by atoms with E-state index in [1.54, 1.807) is 12.5 Å². The first kappa shape index (κ1) is 20.0. The second-order valence-corrected chi connectivity index (χ2v) is 8.25. The Morgan fingerprint density at radius 3 is 2.43 bits per heavy atom. The maximum Gasteiger partial charge on any atom is 0.0878 e. The maximum atomic E-state index is 11.7. The number of nitrogens with zero attached hydrogens (tertiary/aromatic N) is 2. The van der Waals surface area contributed by atoms with E-state index in [1.807, 2.05) is 55.5 Å². The first-order valence-corrected chi connectivity index (χ1v) is 10.7. The molecule has 1 heterocycles. The van der Waals surface area contributed by atoms with Crippen LogP contribution in [0.1, 0.15) is 40.3 Å². The van der Waals surface area contributed by atoms with Crippen LogP contribution in [-0.4, -0.2) is 26.4 Å². The Morgan fingerprint density at radius 2 is 1.82 bits per heavy atom. The fourth-order valence-electron chi connectivity index (χ4n) is 3.41. The molecule has 144 valence electrons. The van der Waals surface area contributed by atoms with Crippen LogP contribution < -0.4 is 0 Å². The van der Waals surface area contributed by atoms with Gasteiger partial charge in [0, 0.05) is 51.7 Å². The molecule has 0 aliphatic carbocycles. The van der Waals surface area contributed by atoms with Crippen molar-refractivity contribution in [1.82, 2.24) is 4.98 Å². The van der Waals surface area contributed by atoms with Crippen molar-refractivity contribution in [3.63, 3.8) is 0 Å². The molecule has 0 aliphatic heterocycles. The maximum absolute atomic E-state index is 11.7. The van der Waals surface area contributed by atoms with E-state index in [0.29, 0.717) is 12.1 Å². The molecule has 1 aromatic heterocycles. The van der Waals surface area contributed by atoms with E-state index in [4.69, 9.17) is 0 Å². The second kappa shape index (κ2) is 8.93. The third kappa shape index (κ3) is 4.54. The monoisotopic (exact) mass is 392 g/mol. The zero-order valence-electron chi connectivity index (χ0n) is 16.3. The average Bonchev–Trinajstić information content (AvgIpc) is 2.70. The molecule has 0 amide bonds. The topological polar surface area (TPSA) is 62.5 Å². The molecule has 5 heteroatoms. The summed E-state index contributed by atoms with van der Waals surface area (Å²) in [6.45, 7) is 4.01. The molecule has 0 radical (unpaired) electrons. The Morgan fingerprint density at radius 1 is 1.11 bits per heavy atom. The van der Waals surface area contributed by atoms with Crippen molar-refractivity contribution < 1.29 is 9.42 Å². The van der Waals surface area contributed by atoms with Crippen LogP contribution in [0.3, 0.4) is 0 Å². The summed E-state index contributed by atoms with van der Waals surface area (Å²) in [4.78, 5) is 5.03. The molecule has 3 aromatic rings. The molecule has 2 unspecified atom stereocenters.